The summed E-state index contributed by atoms with van der Waals surface area (Å²) in [5, 5.41) is 8.18. The lowest BCUT2D eigenvalue weighted by molar-refractivity contribution is -0.121. The molecule has 6 nitrogen and oxygen atoms in total. The van der Waals surface area contributed by atoms with Gasteiger partial charge in [0.15, 0.2) is 0 Å². The van der Waals surface area contributed by atoms with Crippen molar-refractivity contribution in [2.75, 3.05) is 0 Å². The van der Waals surface area contributed by atoms with Crippen molar-refractivity contribution in [1.29, 1.82) is 0 Å². The fraction of sp³-hybridized carbons (Fsp3) is 0.810. The Labute approximate surface area is 163 Å². The average Bonchev–Trinajstić information content (AvgIpc) is 2.69. The molecule has 0 bridgehead atoms. The van der Waals surface area contributed by atoms with E-state index in [0.29, 0.717) is 24.7 Å². The van der Waals surface area contributed by atoms with Crippen LogP contribution in [0.25, 0.3) is 0 Å². The molecule has 152 valence electrons. The molecule has 0 unspecified atom stereocenters. The number of carbonyl (C=O) groups excluding carboxylic acids is 2. The van der Waals surface area contributed by atoms with Gasteiger partial charge in [-0.2, -0.15) is 10.2 Å². The van der Waals surface area contributed by atoms with Gasteiger partial charge in [-0.05, 0) is 50.4 Å². The lowest BCUT2D eigenvalue weighted by Crippen LogP contribution is -2.19. The maximum absolute atomic E-state index is 11.8. The third-order valence-corrected chi connectivity index (χ3v) is 5.56. The first-order valence-corrected chi connectivity index (χ1v) is 10.9. The number of nitrogens with zero attached hydrogens (tertiary/aromatic N) is 2. The van der Waals surface area contributed by atoms with E-state index in [4.69, 9.17) is 0 Å². The van der Waals surface area contributed by atoms with Gasteiger partial charge in [-0.15, -0.1) is 0 Å². The summed E-state index contributed by atoms with van der Waals surface area (Å²) in [5.74, 6) is 0.976. The van der Waals surface area contributed by atoms with E-state index in [0.717, 1.165) is 19.3 Å². The first kappa shape index (κ1) is 21.6. The number of amides is 2. The molecule has 0 aliphatic heterocycles. The second-order valence-electron chi connectivity index (χ2n) is 7.98. The van der Waals surface area contributed by atoms with E-state index >= 15 is 0 Å². The van der Waals surface area contributed by atoms with Crippen molar-refractivity contribution in [1.82, 2.24) is 10.9 Å². The lowest BCUT2D eigenvalue weighted by Gasteiger charge is -2.16. The van der Waals surface area contributed by atoms with Gasteiger partial charge in [-0.3, -0.25) is 9.59 Å². The molecule has 2 N–H and O–H groups in total. The molecule has 0 saturated heterocycles. The molecule has 0 spiro atoms. The Kier molecular flexibility index (Phi) is 10.7. The minimum Gasteiger partial charge on any atom is -0.273 e. The predicted octanol–water partition coefficient (Wildman–Crippen LogP) is 4.30. The van der Waals surface area contributed by atoms with E-state index in [9.17, 15) is 9.59 Å². The van der Waals surface area contributed by atoms with Crippen LogP contribution >= 0.6 is 0 Å². The molecule has 2 fully saturated rings. The largest absolute Gasteiger partial charge is 0.273 e. The van der Waals surface area contributed by atoms with Gasteiger partial charge in [-0.25, -0.2) is 10.9 Å². The summed E-state index contributed by atoms with van der Waals surface area (Å²) in [4.78, 5) is 23.5. The van der Waals surface area contributed by atoms with E-state index in [1.54, 1.807) is 0 Å². The van der Waals surface area contributed by atoms with Gasteiger partial charge >= 0.3 is 0 Å². The van der Waals surface area contributed by atoms with Crippen LogP contribution < -0.4 is 10.9 Å². The highest BCUT2D eigenvalue weighted by atomic mass is 16.2. The van der Waals surface area contributed by atoms with E-state index in [1.807, 2.05) is 12.4 Å². The standard InChI is InChI=1S/C21H36N4O2/c26-20(24-22-16-18-10-4-1-5-11-18)14-8-3-9-15-21(27)25-23-17-19-12-6-2-7-13-19/h16-19H,1-15H2,(H,24,26)(H,25,27). The van der Waals surface area contributed by atoms with Crippen LogP contribution in [0.5, 0.6) is 0 Å². The molecule has 2 aliphatic carbocycles. The molecule has 27 heavy (non-hydrogen) atoms. The van der Waals surface area contributed by atoms with Crippen LogP contribution in [-0.2, 0) is 9.59 Å². The number of hydrogen-bond acceptors (Lipinski definition) is 4. The number of hydrazone groups is 2. The molecule has 2 rings (SSSR count). The summed E-state index contributed by atoms with van der Waals surface area (Å²) < 4.78 is 0. The summed E-state index contributed by atoms with van der Waals surface area (Å²) in [6.07, 6.45) is 19.6. The van der Waals surface area contributed by atoms with Crippen LogP contribution in [-0.4, -0.2) is 24.2 Å². The quantitative estimate of drug-likeness (QED) is 0.338. The number of unbranched alkanes of at least 4 members (excludes halogenated alkanes) is 2. The summed E-state index contributed by atoms with van der Waals surface area (Å²) >= 11 is 0. The van der Waals surface area contributed by atoms with Crippen LogP contribution in [0.2, 0.25) is 0 Å². The minimum absolute atomic E-state index is 0.0383. The SMILES string of the molecule is O=C(CCCCCC(=O)NN=CC1CCCCC1)NN=CC1CCCCC1. The molecule has 0 aromatic heterocycles. The molecule has 0 radical (unpaired) electrons. The Bertz CT molecular complexity index is 448. The van der Waals surface area contributed by atoms with Crippen molar-refractivity contribution in [3.8, 4) is 0 Å². The maximum Gasteiger partial charge on any atom is 0.240 e. The molecular weight excluding hydrogens is 340 g/mol. The predicted molar refractivity (Wildman–Crippen MR) is 110 cm³/mol. The first-order chi connectivity index (χ1) is 13.2. The Morgan fingerprint density at radius 2 is 1.07 bits per heavy atom. The van der Waals surface area contributed by atoms with Crippen molar-refractivity contribution >= 4 is 24.2 Å². The first-order valence-electron chi connectivity index (χ1n) is 10.9. The third-order valence-electron chi connectivity index (χ3n) is 5.56. The van der Waals surface area contributed by atoms with Gasteiger partial charge < -0.3 is 0 Å². The highest BCUT2D eigenvalue weighted by Crippen LogP contribution is 2.22. The molecule has 0 aromatic carbocycles. The lowest BCUT2D eigenvalue weighted by atomic mass is 9.90. The van der Waals surface area contributed by atoms with E-state index < -0.39 is 0 Å². The number of rotatable bonds is 10. The van der Waals surface area contributed by atoms with Crippen LogP contribution in [0.4, 0.5) is 0 Å². The van der Waals surface area contributed by atoms with Crippen molar-refractivity contribution < 1.29 is 9.59 Å². The summed E-state index contributed by atoms with van der Waals surface area (Å²) in [5.41, 5.74) is 5.24. The van der Waals surface area contributed by atoms with Gasteiger partial charge in [0.2, 0.25) is 11.8 Å². The zero-order valence-electron chi connectivity index (χ0n) is 16.6. The number of carbonyl (C=O) groups is 2. The van der Waals surface area contributed by atoms with Gasteiger partial charge in [0.25, 0.3) is 0 Å². The number of nitrogens with one attached hydrogen (secondary N) is 2. The smallest absolute Gasteiger partial charge is 0.240 e. The molecular formula is C21H36N4O2. The monoisotopic (exact) mass is 376 g/mol. The van der Waals surface area contributed by atoms with Crippen LogP contribution in [0.15, 0.2) is 10.2 Å². The average molecular weight is 377 g/mol. The molecule has 6 heteroatoms. The molecule has 0 aromatic rings. The van der Waals surface area contributed by atoms with Crippen LogP contribution in [0.3, 0.4) is 0 Å². The van der Waals surface area contributed by atoms with Crippen molar-refractivity contribution in [2.24, 2.45) is 22.0 Å². The molecule has 0 atom stereocenters. The van der Waals surface area contributed by atoms with Gasteiger partial charge in [-0.1, -0.05) is 44.9 Å². The van der Waals surface area contributed by atoms with Crippen LogP contribution in [0.1, 0.15) is 96.3 Å². The normalized spacial score (nSPS) is 19.6. The Hall–Kier alpha value is -1.72. The van der Waals surface area contributed by atoms with E-state index in [-0.39, 0.29) is 11.8 Å². The Balaban J connectivity index is 1.43. The van der Waals surface area contributed by atoms with Crippen molar-refractivity contribution in [2.45, 2.75) is 96.3 Å². The molecule has 2 amide bonds. The summed E-state index contributed by atoms with van der Waals surface area (Å²) in [7, 11) is 0. The minimum atomic E-state index is -0.0383. The van der Waals surface area contributed by atoms with Crippen molar-refractivity contribution in [3.05, 3.63) is 0 Å². The maximum atomic E-state index is 11.8. The Morgan fingerprint density at radius 1 is 0.667 bits per heavy atom. The highest BCUT2D eigenvalue weighted by molar-refractivity contribution is 5.77. The zero-order chi connectivity index (χ0) is 19.2. The summed E-state index contributed by atoms with van der Waals surface area (Å²) in [6.45, 7) is 0. The fourth-order valence-electron chi connectivity index (χ4n) is 3.86. The fourth-order valence-corrected chi connectivity index (χ4v) is 3.86. The van der Waals surface area contributed by atoms with Crippen molar-refractivity contribution in [3.63, 3.8) is 0 Å². The second-order valence-corrected chi connectivity index (χ2v) is 7.98. The molecule has 2 saturated carbocycles. The van der Waals surface area contributed by atoms with E-state index in [1.165, 1.54) is 64.2 Å². The zero-order valence-corrected chi connectivity index (χ0v) is 16.6. The van der Waals surface area contributed by atoms with Gasteiger partial charge in [0.1, 0.15) is 0 Å². The number of hydrogen-bond donors (Lipinski definition) is 2. The highest BCUT2D eigenvalue weighted by Gasteiger charge is 2.11. The van der Waals surface area contributed by atoms with Gasteiger partial charge in [0.05, 0.1) is 0 Å². The Morgan fingerprint density at radius 3 is 1.48 bits per heavy atom. The topological polar surface area (TPSA) is 82.9 Å². The molecule has 2 aliphatic rings. The second kappa shape index (κ2) is 13.4. The van der Waals surface area contributed by atoms with E-state index in [2.05, 4.69) is 21.1 Å². The summed E-state index contributed by atoms with van der Waals surface area (Å²) in [6, 6.07) is 0. The van der Waals surface area contributed by atoms with Crippen LogP contribution in [0, 0.1) is 11.8 Å². The molecule has 0 heterocycles. The van der Waals surface area contributed by atoms with Gasteiger partial charge in [0, 0.05) is 25.3 Å². The third kappa shape index (κ3) is 10.3.